The Morgan fingerprint density at radius 1 is 1.16 bits per heavy atom. The Kier molecular flexibility index (Phi) is 5.26. The maximum atomic E-state index is 12.7. The number of piperidine rings is 1. The van der Waals surface area contributed by atoms with Crippen LogP contribution in [0.5, 0.6) is 0 Å². The van der Waals surface area contributed by atoms with Crippen LogP contribution in [-0.2, 0) is 9.73 Å². The molecule has 0 radical (unpaired) electrons. The number of nitrogens with zero attached hydrogens (tertiary/aromatic N) is 3. The lowest BCUT2D eigenvalue weighted by molar-refractivity contribution is 0.174. The first kappa shape index (κ1) is 15.3. The van der Waals surface area contributed by atoms with Gasteiger partial charge in [0.15, 0.2) is 0 Å². The van der Waals surface area contributed by atoms with Gasteiger partial charge in [-0.15, -0.1) is 0 Å². The summed E-state index contributed by atoms with van der Waals surface area (Å²) in [6.45, 7) is 11.9. The van der Waals surface area contributed by atoms with E-state index in [-0.39, 0.29) is 0 Å². The molecule has 0 unspecified atom stereocenters. The van der Waals surface area contributed by atoms with E-state index in [0.29, 0.717) is 12.1 Å². The van der Waals surface area contributed by atoms with Crippen molar-refractivity contribution >= 4 is 9.73 Å². The highest BCUT2D eigenvalue weighted by Crippen LogP contribution is 2.19. The molecule has 0 aromatic carbocycles. The molecule has 0 atom stereocenters. The van der Waals surface area contributed by atoms with Crippen molar-refractivity contribution in [2.75, 3.05) is 44.2 Å². The van der Waals surface area contributed by atoms with Gasteiger partial charge in [-0.05, 0) is 33.2 Å². The van der Waals surface area contributed by atoms with Gasteiger partial charge >= 0.3 is 0 Å². The number of rotatable bonds is 3. The zero-order valence-corrected chi connectivity index (χ0v) is 13.5. The molecular formula is C14H29N3OS. The summed E-state index contributed by atoms with van der Waals surface area (Å²) in [6, 6.07) is 0.970. The summed E-state index contributed by atoms with van der Waals surface area (Å²) in [5.41, 5.74) is 0. The summed E-state index contributed by atoms with van der Waals surface area (Å²) >= 11 is 0. The van der Waals surface area contributed by atoms with E-state index < -0.39 is 9.73 Å². The lowest BCUT2D eigenvalue weighted by atomic mass is 10.1. The third-order valence-corrected chi connectivity index (χ3v) is 6.79. The van der Waals surface area contributed by atoms with E-state index in [0.717, 1.165) is 57.1 Å². The molecule has 19 heavy (non-hydrogen) atoms. The highest BCUT2D eigenvalue weighted by atomic mass is 32.2. The molecule has 4 nitrogen and oxygen atoms in total. The van der Waals surface area contributed by atoms with E-state index in [4.69, 9.17) is 4.36 Å². The summed E-state index contributed by atoms with van der Waals surface area (Å²) < 4.78 is 17.5. The zero-order chi connectivity index (χ0) is 13.9. The molecule has 112 valence electrons. The van der Waals surface area contributed by atoms with Gasteiger partial charge < -0.3 is 9.80 Å². The fourth-order valence-corrected chi connectivity index (χ4v) is 5.21. The molecule has 0 N–H and O–H groups in total. The maximum Gasteiger partial charge on any atom is 0.0618 e. The Morgan fingerprint density at radius 3 is 2.21 bits per heavy atom. The van der Waals surface area contributed by atoms with Crippen molar-refractivity contribution in [2.45, 2.75) is 45.7 Å². The highest BCUT2D eigenvalue weighted by Gasteiger charge is 2.24. The fraction of sp³-hybridized carbons (Fsp3) is 1.00. The molecule has 0 amide bonds. The molecule has 2 aliphatic heterocycles. The molecule has 0 aliphatic carbocycles. The van der Waals surface area contributed by atoms with E-state index in [1.54, 1.807) is 0 Å². The van der Waals surface area contributed by atoms with Crippen molar-refractivity contribution in [3.63, 3.8) is 0 Å². The van der Waals surface area contributed by atoms with Gasteiger partial charge in [-0.2, -0.15) is 0 Å². The van der Waals surface area contributed by atoms with Gasteiger partial charge in [0.05, 0.1) is 6.04 Å². The van der Waals surface area contributed by atoms with Gasteiger partial charge in [0.2, 0.25) is 0 Å². The molecule has 2 heterocycles. The Labute approximate surface area is 118 Å². The normalized spacial score (nSPS) is 26.7. The molecule has 0 saturated carbocycles. The summed E-state index contributed by atoms with van der Waals surface area (Å²) in [5.74, 6) is 1.57. The quantitative estimate of drug-likeness (QED) is 0.792. The Morgan fingerprint density at radius 2 is 1.74 bits per heavy atom. The van der Waals surface area contributed by atoms with E-state index in [2.05, 4.69) is 30.6 Å². The summed E-state index contributed by atoms with van der Waals surface area (Å²) in [6.07, 6.45) is 2.18. The van der Waals surface area contributed by atoms with Crippen LogP contribution in [0.4, 0.5) is 0 Å². The van der Waals surface area contributed by atoms with Crippen LogP contribution in [0.3, 0.4) is 0 Å². The smallest absolute Gasteiger partial charge is 0.0618 e. The van der Waals surface area contributed by atoms with Gasteiger partial charge in [-0.3, -0.25) is 0 Å². The van der Waals surface area contributed by atoms with E-state index >= 15 is 0 Å². The van der Waals surface area contributed by atoms with Gasteiger partial charge in [0, 0.05) is 53.5 Å². The first-order valence-corrected chi connectivity index (χ1v) is 9.56. The molecule has 0 spiro atoms. The topological polar surface area (TPSA) is 35.9 Å². The second kappa shape index (κ2) is 6.55. The molecule has 2 rings (SSSR count). The highest BCUT2D eigenvalue weighted by molar-refractivity contribution is 7.93. The maximum absolute atomic E-state index is 12.7. The van der Waals surface area contributed by atoms with Gasteiger partial charge in [0.25, 0.3) is 0 Å². The molecule has 0 aromatic heterocycles. The van der Waals surface area contributed by atoms with Gasteiger partial charge in [-0.25, -0.2) is 8.57 Å². The van der Waals surface area contributed by atoms with Gasteiger partial charge in [-0.1, -0.05) is 6.92 Å². The minimum atomic E-state index is -1.91. The van der Waals surface area contributed by atoms with Crippen LogP contribution in [0, 0.1) is 0 Å². The van der Waals surface area contributed by atoms with E-state index in [1.807, 2.05) is 0 Å². The van der Waals surface area contributed by atoms with Crippen LogP contribution >= 0.6 is 0 Å². The first-order valence-electron chi connectivity index (χ1n) is 7.70. The lowest BCUT2D eigenvalue weighted by Crippen LogP contribution is -2.42. The van der Waals surface area contributed by atoms with Crippen LogP contribution in [-0.4, -0.2) is 70.3 Å². The minimum Gasteiger partial charge on any atom is -0.302 e. The Bertz CT molecular complexity index is 379. The van der Waals surface area contributed by atoms with Crippen molar-refractivity contribution in [3.05, 3.63) is 0 Å². The molecule has 2 aliphatic rings. The number of hydrogen-bond donors (Lipinski definition) is 0. The summed E-state index contributed by atoms with van der Waals surface area (Å²) in [5, 5.41) is 0. The average Bonchev–Trinajstić information content (AvgIpc) is 2.40. The third-order valence-electron chi connectivity index (χ3n) is 4.47. The standard InChI is InChI=1S/C14H29N3OS/c1-4-16-9-11-19(18,12-10-16)15-14-5-7-17(8-6-14)13(2)3/h13-14H,4-12H2,1-3H3. The minimum absolute atomic E-state index is 0.343. The Balaban J connectivity index is 1.90. The fourth-order valence-electron chi connectivity index (χ4n) is 2.96. The van der Waals surface area contributed by atoms with E-state index in [1.165, 1.54) is 0 Å². The Hall–Kier alpha value is -0.130. The summed E-state index contributed by atoms with van der Waals surface area (Å²) in [4.78, 5) is 4.87. The zero-order valence-electron chi connectivity index (χ0n) is 12.7. The van der Waals surface area contributed by atoms with Crippen molar-refractivity contribution in [2.24, 2.45) is 4.36 Å². The van der Waals surface area contributed by atoms with Crippen molar-refractivity contribution < 1.29 is 4.21 Å². The van der Waals surface area contributed by atoms with Crippen LogP contribution in [0.2, 0.25) is 0 Å². The third kappa shape index (κ3) is 4.17. The second-order valence-corrected chi connectivity index (χ2v) is 8.65. The predicted molar refractivity (Wildman–Crippen MR) is 82.1 cm³/mol. The largest absolute Gasteiger partial charge is 0.302 e. The van der Waals surface area contributed by atoms with Gasteiger partial charge in [0.1, 0.15) is 0 Å². The summed E-state index contributed by atoms with van der Waals surface area (Å²) in [7, 11) is -1.91. The van der Waals surface area contributed by atoms with E-state index in [9.17, 15) is 4.21 Å². The number of likely N-dealkylation sites (tertiary alicyclic amines) is 1. The predicted octanol–water partition coefficient (Wildman–Crippen LogP) is 1.66. The van der Waals surface area contributed by atoms with Crippen LogP contribution in [0.1, 0.15) is 33.6 Å². The molecular weight excluding hydrogens is 258 g/mol. The van der Waals surface area contributed by atoms with Crippen molar-refractivity contribution in [1.82, 2.24) is 9.80 Å². The van der Waals surface area contributed by atoms with Crippen LogP contribution < -0.4 is 0 Å². The van der Waals surface area contributed by atoms with Crippen molar-refractivity contribution in [1.29, 1.82) is 0 Å². The SMILES string of the molecule is CCN1CCS(=O)(=NC2CCN(C(C)C)CC2)CC1. The average molecular weight is 287 g/mol. The molecule has 2 saturated heterocycles. The molecule has 0 bridgehead atoms. The molecule has 2 fully saturated rings. The first-order chi connectivity index (χ1) is 9.02. The molecule has 5 heteroatoms. The number of hydrogen-bond acceptors (Lipinski definition) is 4. The van der Waals surface area contributed by atoms with Crippen molar-refractivity contribution in [3.8, 4) is 0 Å². The van der Waals surface area contributed by atoms with Crippen LogP contribution in [0.25, 0.3) is 0 Å². The van der Waals surface area contributed by atoms with Crippen LogP contribution in [0.15, 0.2) is 4.36 Å². The molecule has 0 aromatic rings. The second-order valence-electron chi connectivity index (χ2n) is 6.08. The lowest BCUT2D eigenvalue weighted by Gasteiger charge is -2.34. The monoisotopic (exact) mass is 287 g/mol.